The van der Waals surface area contributed by atoms with Gasteiger partial charge in [-0.3, -0.25) is 0 Å². The van der Waals surface area contributed by atoms with E-state index in [4.69, 9.17) is 5.73 Å². The van der Waals surface area contributed by atoms with Crippen molar-refractivity contribution in [2.45, 2.75) is 12.7 Å². The summed E-state index contributed by atoms with van der Waals surface area (Å²) in [4.78, 5) is 1.83. The number of halogens is 3. The molecule has 0 aliphatic heterocycles. The molecule has 0 fully saturated rings. The molecule has 0 heterocycles. The fraction of sp³-hybridized carbons (Fsp3) is 0.500. The van der Waals surface area contributed by atoms with E-state index in [-0.39, 0.29) is 6.61 Å². The Morgan fingerprint density at radius 3 is 2.67 bits per heavy atom. The molecule has 0 radical (unpaired) electrons. The molecule has 0 saturated heterocycles. The lowest BCUT2D eigenvalue weighted by atomic mass is 10.2. The zero-order chi connectivity index (χ0) is 13.6. The van der Waals surface area contributed by atoms with E-state index < -0.39 is 12.8 Å². The lowest BCUT2D eigenvalue weighted by Crippen LogP contribution is -2.25. The third kappa shape index (κ3) is 5.37. The van der Waals surface area contributed by atoms with Gasteiger partial charge in [0.15, 0.2) is 0 Å². The highest BCUT2D eigenvalue weighted by molar-refractivity contribution is 5.47. The maximum Gasteiger partial charge on any atom is 0.411 e. The molecule has 3 nitrogen and oxygen atoms in total. The van der Waals surface area contributed by atoms with E-state index in [1.165, 1.54) is 0 Å². The number of rotatable bonds is 6. The van der Waals surface area contributed by atoms with Gasteiger partial charge in [0, 0.05) is 25.8 Å². The minimum Gasteiger partial charge on any atom is -0.372 e. The molecule has 0 bridgehead atoms. The predicted molar refractivity (Wildman–Crippen MR) is 64.5 cm³/mol. The van der Waals surface area contributed by atoms with Crippen molar-refractivity contribution in [3.05, 3.63) is 29.8 Å². The third-order valence-electron chi connectivity index (χ3n) is 2.42. The van der Waals surface area contributed by atoms with Crippen molar-refractivity contribution in [1.82, 2.24) is 0 Å². The highest BCUT2D eigenvalue weighted by atomic mass is 19.4. The SMILES string of the molecule is CN(CCOCC(F)(F)F)c1cccc(CN)c1. The average molecular weight is 262 g/mol. The van der Waals surface area contributed by atoms with Crippen LogP contribution in [0.5, 0.6) is 0 Å². The quantitative estimate of drug-likeness (QED) is 0.798. The molecule has 102 valence electrons. The third-order valence-corrected chi connectivity index (χ3v) is 2.42. The molecule has 0 aromatic heterocycles. The molecule has 0 aliphatic rings. The summed E-state index contributed by atoms with van der Waals surface area (Å²) in [6.07, 6.45) is -4.27. The summed E-state index contributed by atoms with van der Waals surface area (Å²) in [5, 5.41) is 0. The number of alkyl halides is 3. The van der Waals surface area contributed by atoms with Crippen LogP contribution in [-0.2, 0) is 11.3 Å². The number of ether oxygens (including phenoxy) is 1. The Labute approximate surface area is 104 Å². The largest absolute Gasteiger partial charge is 0.411 e. The topological polar surface area (TPSA) is 38.5 Å². The summed E-state index contributed by atoms with van der Waals surface area (Å²) < 4.78 is 40.1. The Hall–Kier alpha value is -1.27. The maximum absolute atomic E-state index is 11.8. The van der Waals surface area contributed by atoms with Crippen molar-refractivity contribution in [3.8, 4) is 0 Å². The first-order chi connectivity index (χ1) is 8.42. The van der Waals surface area contributed by atoms with Crippen molar-refractivity contribution in [2.75, 3.05) is 31.7 Å². The summed E-state index contributed by atoms with van der Waals surface area (Å²) in [6.45, 7) is -0.344. The number of nitrogens with zero attached hydrogens (tertiary/aromatic N) is 1. The second kappa shape index (κ2) is 6.61. The van der Waals surface area contributed by atoms with Crippen molar-refractivity contribution in [1.29, 1.82) is 0 Å². The molecule has 0 amide bonds. The van der Waals surface area contributed by atoms with Gasteiger partial charge in [0.05, 0.1) is 6.61 Å². The second-order valence-corrected chi connectivity index (χ2v) is 3.96. The second-order valence-electron chi connectivity index (χ2n) is 3.96. The smallest absolute Gasteiger partial charge is 0.372 e. The first kappa shape index (κ1) is 14.8. The first-order valence-electron chi connectivity index (χ1n) is 5.57. The highest BCUT2D eigenvalue weighted by Gasteiger charge is 2.27. The number of hydrogen-bond acceptors (Lipinski definition) is 3. The van der Waals surface area contributed by atoms with Crippen LogP contribution in [0.25, 0.3) is 0 Å². The van der Waals surface area contributed by atoms with E-state index in [1.807, 2.05) is 29.2 Å². The van der Waals surface area contributed by atoms with Gasteiger partial charge in [-0.1, -0.05) is 12.1 Å². The Morgan fingerprint density at radius 1 is 1.33 bits per heavy atom. The van der Waals surface area contributed by atoms with Crippen LogP contribution in [0.2, 0.25) is 0 Å². The zero-order valence-electron chi connectivity index (χ0n) is 10.2. The van der Waals surface area contributed by atoms with Crippen LogP contribution in [0.15, 0.2) is 24.3 Å². The summed E-state index contributed by atoms with van der Waals surface area (Å²) in [6, 6.07) is 7.55. The number of hydrogen-bond donors (Lipinski definition) is 1. The van der Waals surface area contributed by atoms with Crippen molar-refractivity contribution >= 4 is 5.69 Å². The van der Waals surface area contributed by atoms with E-state index >= 15 is 0 Å². The van der Waals surface area contributed by atoms with Gasteiger partial charge in [0.1, 0.15) is 6.61 Å². The summed E-state index contributed by atoms with van der Waals surface area (Å²) in [5.74, 6) is 0. The van der Waals surface area contributed by atoms with Crippen LogP contribution in [0.1, 0.15) is 5.56 Å². The van der Waals surface area contributed by atoms with Gasteiger partial charge in [-0.2, -0.15) is 13.2 Å². The number of benzene rings is 1. The monoisotopic (exact) mass is 262 g/mol. The molecule has 0 aliphatic carbocycles. The van der Waals surface area contributed by atoms with Gasteiger partial charge in [-0.25, -0.2) is 0 Å². The molecule has 0 atom stereocenters. The highest BCUT2D eigenvalue weighted by Crippen LogP contribution is 2.16. The van der Waals surface area contributed by atoms with Crippen LogP contribution in [0.3, 0.4) is 0 Å². The molecule has 0 unspecified atom stereocenters. The normalized spacial score (nSPS) is 11.6. The predicted octanol–water partition coefficient (Wildman–Crippen LogP) is 2.16. The molecular formula is C12H17F3N2O. The lowest BCUT2D eigenvalue weighted by Gasteiger charge is -2.20. The summed E-state index contributed by atoms with van der Waals surface area (Å²) in [7, 11) is 1.80. The van der Waals surface area contributed by atoms with Crippen LogP contribution < -0.4 is 10.6 Å². The van der Waals surface area contributed by atoms with Crippen LogP contribution in [-0.4, -0.2) is 33.0 Å². The van der Waals surface area contributed by atoms with E-state index in [1.54, 1.807) is 7.05 Å². The summed E-state index contributed by atoms with van der Waals surface area (Å²) in [5.41, 5.74) is 7.41. The molecule has 18 heavy (non-hydrogen) atoms. The molecule has 0 saturated carbocycles. The van der Waals surface area contributed by atoms with E-state index in [0.717, 1.165) is 11.3 Å². The van der Waals surface area contributed by atoms with Crippen LogP contribution in [0, 0.1) is 0 Å². The van der Waals surface area contributed by atoms with Crippen molar-refractivity contribution < 1.29 is 17.9 Å². The molecular weight excluding hydrogens is 245 g/mol. The fourth-order valence-corrected chi connectivity index (χ4v) is 1.44. The van der Waals surface area contributed by atoms with E-state index in [2.05, 4.69) is 4.74 Å². The summed E-state index contributed by atoms with van der Waals surface area (Å²) >= 11 is 0. The van der Waals surface area contributed by atoms with Gasteiger partial charge < -0.3 is 15.4 Å². The standard InChI is InChI=1S/C12H17F3N2O/c1-17(5-6-18-9-12(13,14)15)11-4-2-3-10(7-11)8-16/h2-4,7H,5-6,8-9,16H2,1H3. The van der Waals surface area contributed by atoms with E-state index in [0.29, 0.717) is 13.1 Å². The van der Waals surface area contributed by atoms with E-state index in [9.17, 15) is 13.2 Å². The molecule has 2 N–H and O–H groups in total. The Balaban J connectivity index is 2.38. The molecule has 6 heteroatoms. The minimum atomic E-state index is -4.27. The van der Waals surface area contributed by atoms with Gasteiger partial charge in [-0.05, 0) is 17.7 Å². The van der Waals surface area contributed by atoms with Crippen molar-refractivity contribution in [3.63, 3.8) is 0 Å². The number of anilines is 1. The average Bonchev–Trinajstić information content (AvgIpc) is 2.33. The minimum absolute atomic E-state index is 0.0306. The molecule has 1 rings (SSSR count). The number of likely N-dealkylation sites (N-methyl/N-ethyl adjacent to an activating group) is 1. The molecule has 1 aromatic rings. The molecule has 1 aromatic carbocycles. The van der Waals surface area contributed by atoms with Crippen LogP contribution >= 0.6 is 0 Å². The zero-order valence-corrected chi connectivity index (χ0v) is 10.2. The number of nitrogens with two attached hydrogens (primary N) is 1. The Morgan fingerprint density at radius 2 is 2.06 bits per heavy atom. The van der Waals surface area contributed by atoms with Gasteiger partial charge in [-0.15, -0.1) is 0 Å². The van der Waals surface area contributed by atoms with Gasteiger partial charge >= 0.3 is 6.18 Å². The maximum atomic E-state index is 11.8. The Bertz CT molecular complexity index is 369. The van der Waals surface area contributed by atoms with Gasteiger partial charge in [0.2, 0.25) is 0 Å². The fourth-order valence-electron chi connectivity index (χ4n) is 1.44. The van der Waals surface area contributed by atoms with Crippen molar-refractivity contribution in [2.24, 2.45) is 5.73 Å². The van der Waals surface area contributed by atoms with Crippen LogP contribution in [0.4, 0.5) is 18.9 Å². The Kier molecular flexibility index (Phi) is 5.43. The molecule has 0 spiro atoms. The van der Waals surface area contributed by atoms with Gasteiger partial charge in [0.25, 0.3) is 0 Å². The lowest BCUT2D eigenvalue weighted by molar-refractivity contribution is -0.173. The first-order valence-corrected chi connectivity index (χ1v) is 5.57.